The number of rotatable bonds is 4. The highest BCUT2D eigenvalue weighted by Gasteiger charge is 2.08. The summed E-state index contributed by atoms with van der Waals surface area (Å²) in [5.74, 6) is 0.918. The summed E-state index contributed by atoms with van der Waals surface area (Å²) >= 11 is 6.09. The fourth-order valence-corrected chi connectivity index (χ4v) is 1.78. The Kier molecular flexibility index (Phi) is 3.84. The van der Waals surface area contributed by atoms with Crippen molar-refractivity contribution in [1.82, 2.24) is 9.97 Å². The van der Waals surface area contributed by atoms with E-state index in [1.165, 1.54) is 12.4 Å². The smallest absolute Gasteiger partial charge is 0.290 e. The van der Waals surface area contributed by atoms with Crippen LogP contribution in [0.5, 0.6) is 5.75 Å². The third-order valence-electron chi connectivity index (χ3n) is 2.44. The molecule has 6 heteroatoms. The van der Waals surface area contributed by atoms with Crippen LogP contribution in [0.4, 0.5) is 5.82 Å². The predicted octanol–water partition coefficient (Wildman–Crippen LogP) is 2.04. The maximum Gasteiger partial charge on any atom is 0.290 e. The molecule has 2 N–H and O–H groups in total. The van der Waals surface area contributed by atoms with Crippen molar-refractivity contribution in [2.45, 2.75) is 6.54 Å². The van der Waals surface area contributed by atoms with Gasteiger partial charge in [-0.05, 0) is 12.1 Å². The Morgan fingerprint density at radius 1 is 1.50 bits per heavy atom. The molecule has 0 unspecified atom stereocenters. The molecule has 0 aliphatic carbocycles. The zero-order chi connectivity index (χ0) is 13.0. The molecular weight excluding hydrogens is 254 g/mol. The quantitative estimate of drug-likeness (QED) is 0.888. The first-order chi connectivity index (χ1) is 8.72. The van der Waals surface area contributed by atoms with Gasteiger partial charge in [-0.15, -0.1) is 0 Å². The molecule has 94 valence electrons. The van der Waals surface area contributed by atoms with Crippen LogP contribution in [-0.4, -0.2) is 17.1 Å². The van der Waals surface area contributed by atoms with E-state index in [-0.39, 0.29) is 11.4 Å². The molecule has 0 radical (unpaired) electrons. The minimum atomic E-state index is -0.275. The average Bonchev–Trinajstić information content (AvgIpc) is 2.39. The molecule has 0 saturated carbocycles. The van der Waals surface area contributed by atoms with E-state index in [1.807, 2.05) is 6.07 Å². The number of hydrogen-bond donors (Lipinski definition) is 2. The van der Waals surface area contributed by atoms with Crippen molar-refractivity contribution in [2.24, 2.45) is 0 Å². The molecule has 0 atom stereocenters. The minimum Gasteiger partial charge on any atom is -0.496 e. The number of nitrogens with one attached hydrogen (secondary N) is 2. The van der Waals surface area contributed by atoms with Crippen molar-refractivity contribution < 1.29 is 4.74 Å². The number of aromatic amines is 1. The maximum absolute atomic E-state index is 11.4. The van der Waals surface area contributed by atoms with Crippen LogP contribution in [0.2, 0.25) is 5.02 Å². The maximum atomic E-state index is 11.4. The molecule has 0 bridgehead atoms. The summed E-state index contributed by atoms with van der Waals surface area (Å²) in [6.45, 7) is 0.364. The first-order valence-corrected chi connectivity index (χ1v) is 5.69. The lowest BCUT2D eigenvalue weighted by Gasteiger charge is -2.11. The van der Waals surface area contributed by atoms with Crippen LogP contribution in [0.3, 0.4) is 0 Å². The molecule has 18 heavy (non-hydrogen) atoms. The van der Waals surface area contributed by atoms with Crippen molar-refractivity contribution in [1.29, 1.82) is 0 Å². The monoisotopic (exact) mass is 265 g/mol. The molecule has 2 aromatic rings. The second-order valence-corrected chi connectivity index (χ2v) is 3.95. The Morgan fingerprint density at radius 3 is 3.06 bits per heavy atom. The Labute approximate surface area is 109 Å². The molecule has 0 spiro atoms. The van der Waals surface area contributed by atoms with Crippen LogP contribution in [0.25, 0.3) is 0 Å². The molecule has 1 heterocycles. The van der Waals surface area contributed by atoms with Gasteiger partial charge in [-0.25, -0.2) is 4.98 Å². The summed E-state index contributed by atoms with van der Waals surface area (Å²) in [4.78, 5) is 17.9. The molecule has 0 fully saturated rings. The third-order valence-corrected chi connectivity index (χ3v) is 2.79. The summed E-state index contributed by atoms with van der Waals surface area (Å²) in [7, 11) is 1.57. The number of H-pyrrole nitrogens is 1. The molecule has 0 aliphatic rings. The number of methoxy groups -OCH3 is 1. The molecule has 5 nitrogen and oxygen atoms in total. The summed E-state index contributed by atoms with van der Waals surface area (Å²) in [5.41, 5.74) is 0.509. The highest BCUT2D eigenvalue weighted by molar-refractivity contribution is 6.31. The average molecular weight is 266 g/mol. The lowest BCUT2D eigenvalue weighted by Crippen LogP contribution is -2.15. The zero-order valence-corrected chi connectivity index (χ0v) is 10.5. The summed E-state index contributed by atoms with van der Waals surface area (Å²) in [5, 5.41) is 3.50. The fraction of sp³-hybridized carbons (Fsp3) is 0.167. The Hall–Kier alpha value is -2.01. The van der Waals surface area contributed by atoms with E-state index >= 15 is 0 Å². The van der Waals surface area contributed by atoms with Gasteiger partial charge >= 0.3 is 0 Å². The second kappa shape index (κ2) is 5.55. The van der Waals surface area contributed by atoms with Crippen molar-refractivity contribution in [3.05, 3.63) is 51.5 Å². The van der Waals surface area contributed by atoms with Gasteiger partial charge in [-0.2, -0.15) is 0 Å². The number of halogens is 1. The van der Waals surface area contributed by atoms with Crippen LogP contribution in [-0.2, 0) is 6.54 Å². The van der Waals surface area contributed by atoms with E-state index in [0.29, 0.717) is 17.3 Å². The van der Waals surface area contributed by atoms with Crippen LogP contribution in [0.1, 0.15) is 5.56 Å². The fourth-order valence-electron chi connectivity index (χ4n) is 1.55. The van der Waals surface area contributed by atoms with Gasteiger partial charge < -0.3 is 15.0 Å². The Balaban J connectivity index is 2.21. The molecular formula is C12H12ClN3O2. The first kappa shape index (κ1) is 12.4. The van der Waals surface area contributed by atoms with Gasteiger partial charge in [0.15, 0.2) is 5.82 Å². The molecule has 1 aromatic carbocycles. The number of benzene rings is 1. The van der Waals surface area contributed by atoms with Crippen LogP contribution >= 0.6 is 11.6 Å². The van der Waals surface area contributed by atoms with Gasteiger partial charge in [-0.3, -0.25) is 4.79 Å². The van der Waals surface area contributed by atoms with Crippen LogP contribution in [0.15, 0.2) is 35.4 Å². The SMILES string of the molecule is COc1cccc(Cl)c1CNc1ncc[nH]c1=O. The van der Waals surface area contributed by atoms with E-state index in [1.54, 1.807) is 19.2 Å². The van der Waals surface area contributed by atoms with E-state index in [0.717, 1.165) is 5.56 Å². The van der Waals surface area contributed by atoms with E-state index in [9.17, 15) is 4.79 Å². The van der Waals surface area contributed by atoms with Gasteiger partial charge in [0, 0.05) is 29.5 Å². The van der Waals surface area contributed by atoms with Gasteiger partial charge in [0.05, 0.1) is 7.11 Å². The van der Waals surface area contributed by atoms with E-state index in [4.69, 9.17) is 16.3 Å². The predicted molar refractivity (Wildman–Crippen MR) is 70.2 cm³/mol. The normalized spacial score (nSPS) is 10.1. The molecule has 1 aromatic heterocycles. The lowest BCUT2D eigenvalue weighted by molar-refractivity contribution is 0.410. The van der Waals surface area contributed by atoms with E-state index in [2.05, 4.69) is 15.3 Å². The summed E-state index contributed by atoms with van der Waals surface area (Å²) < 4.78 is 5.21. The number of hydrogen-bond acceptors (Lipinski definition) is 4. The minimum absolute atomic E-state index is 0.250. The van der Waals surface area contributed by atoms with Crippen LogP contribution < -0.4 is 15.6 Å². The summed E-state index contributed by atoms with van der Waals surface area (Å²) in [6, 6.07) is 5.38. The molecule has 2 rings (SSSR count). The Morgan fingerprint density at radius 2 is 2.33 bits per heavy atom. The molecule has 0 aliphatic heterocycles. The summed E-state index contributed by atoms with van der Waals surface area (Å²) in [6.07, 6.45) is 2.98. The standard InChI is InChI=1S/C12H12ClN3O2/c1-18-10-4-2-3-9(13)8(10)7-16-11-12(17)15-6-5-14-11/h2-6H,7H2,1H3,(H,14,16)(H,15,17). The van der Waals surface area contributed by atoms with Crippen molar-refractivity contribution in [2.75, 3.05) is 12.4 Å². The van der Waals surface area contributed by atoms with Crippen molar-refractivity contribution in [3.8, 4) is 5.75 Å². The third kappa shape index (κ3) is 2.62. The number of aromatic nitrogens is 2. The van der Waals surface area contributed by atoms with Gasteiger partial charge in [0.2, 0.25) is 0 Å². The zero-order valence-electron chi connectivity index (χ0n) is 9.74. The molecule has 0 amide bonds. The second-order valence-electron chi connectivity index (χ2n) is 3.54. The van der Waals surface area contributed by atoms with Gasteiger partial charge in [0.25, 0.3) is 5.56 Å². The topological polar surface area (TPSA) is 67.0 Å². The van der Waals surface area contributed by atoms with Gasteiger partial charge in [-0.1, -0.05) is 17.7 Å². The first-order valence-electron chi connectivity index (χ1n) is 5.31. The molecule has 0 saturated heterocycles. The number of ether oxygens (including phenoxy) is 1. The highest BCUT2D eigenvalue weighted by Crippen LogP contribution is 2.26. The van der Waals surface area contributed by atoms with Crippen LogP contribution in [0, 0.1) is 0 Å². The van der Waals surface area contributed by atoms with Crippen molar-refractivity contribution >= 4 is 17.4 Å². The Bertz CT molecular complexity index is 598. The number of anilines is 1. The largest absolute Gasteiger partial charge is 0.496 e. The highest BCUT2D eigenvalue weighted by atomic mass is 35.5. The van der Waals surface area contributed by atoms with Gasteiger partial charge in [0.1, 0.15) is 5.75 Å². The van der Waals surface area contributed by atoms with E-state index < -0.39 is 0 Å². The van der Waals surface area contributed by atoms with Crippen molar-refractivity contribution in [3.63, 3.8) is 0 Å². The number of nitrogens with zero attached hydrogens (tertiary/aromatic N) is 1. The lowest BCUT2D eigenvalue weighted by atomic mass is 10.2.